The topological polar surface area (TPSA) is 44.4 Å². The molecule has 1 unspecified atom stereocenters. The van der Waals surface area contributed by atoms with Crippen LogP contribution in [0.15, 0.2) is 24.3 Å². The number of benzene rings is 1. The Morgan fingerprint density at radius 2 is 2.05 bits per heavy atom. The van der Waals surface area contributed by atoms with E-state index >= 15 is 0 Å². The second kappa shape index (κ2) is 8.03. The Labute approximate surface area is 127 Å². The fraction of sp³-hybridized carbons (Fsp3) is 0.588. The van der Waals surface area contributed by atoms with Crippen molar-refractivity contribution in [2.45, 2.75) is 45.6 Å². The molecule has 0 spiro atoms. The van der Waals surface area contributed by atoms with Gasteiger partial charge >= 0.3 is 0 Å². The highest BCUT2D eigenvalue weighted by atomic mass is 16.1. The predicted octanol–water partition coefficient (Wildman–Crippen LogP) is 3.32. The van der Waals surface area contributed by atoms with Crippen LogP contribution in [0.4, 0.5) is 11.4 Å². The van der Waals surface area contributed by atoms with Crippen LogP contribution < -0.4 is 10.6 Å². The maximum absolute atomic E-state index is 11.5. The molecular formula is C17H27N3O. The highest BCUT2D eigenvalue weighted by Crippen LogP contribution is 2.20. The summed E-state index contributed by atoms with van der Waals surface area (Å²) >= 11 is 0. The molecule has 21 heavy (non-hydrogen) atoms. The number of carbonyl (C=O) groups excluding carboxylic acids is 1. The number of hydrogen-bond acceptors (Lipinski definition) is 3. The van der Waals surface area contributed by atoms with E-state index in [9.17, 15) is 4.79 Å². The zero-order valence-electron chi connectivity index (χ0n) is 13.2. The van der Waals surface area contributed by atoms with Crippen LogP contribution in [0.3, 0.4) is 0 Å². The Hall–Kier alpha value is -1.55. The summed E-state index contributed by atoms with van der Waals surface area (Å²) in [6.45, 7) is 7.61. The average Bonchev–Trinajstić information content (AvgIpc) is 2.72. The molecule has 1 aromatic rings. The molecule has 0 radical (unpaired) electrons. The summed E-state index contributed by atoms with van der Waals surface area (Å²) in [7, 11) is 0. The molecule has 1 fully saturated rings. The lowest BCUT2D eigenvalue weighted by Gasteiger charge is -2.19. The van der Waals surface area contributed by atoms with Gasteiger partial charge < -0.3 is 15.5 Å². The van der Waals surface area contributed by atoms with Crippen molar-refractivity contribution in [3.8, 4) is 0 Å². The zero-order chi connectivity index (χ0) is 15.1. The van der Waals surface area contributed by atoms with E-state index in [0.29, 0.717) is 12.5 Å². The minimum atomic E-state index is 0.0557. The van der Waals surface area contributed by atoms with Crippen molar-refractivity contribution in [1.82, 2.24) is 4.90 Å². The molecule has 1 aliphatic rings. The van der Waals surface area contributed by atoms with Crippen LogP contribution in [0.2, 0.25) is 0 Å². The molecular weight excluding hydrogens is 262 g/mol. The number of anilines is 2. The summed E-state index contributed by atoms with van der Waals surface area (Å²) < 4.78 is 0. The van der Waals surface area contributed by atoms with Crippen molar-refractivity contribution in [2.75, 3.05) is 30.3 Å². The summed E-state index contributed by atoms with van der Waals surface area (Å²) in [4.78, 5) is 14.0. The molecule has 4 heteroatoms. The number of hydrogen-bond donors (Lipinski definition) is 2. The van der Waals surface area contributed by atoms with Crippen LogP contribution in [0, 0.1) is 0 Å². The second-order valence-corrected chi connectivity index (χ2v) is 5.69. The first-order valence-corrected chi connectivity index (χ1v) is 8.10. The Morgan fingerprint density at radius 1 is 1.24 bits per heavy atom. The largest absolute Gasteiger partial charge is 0.382 e. The lowest BCUT2D eigenvalue weighted by atomic mass is 10.1. The van der Waals surface area contributed by atoms with Gasteiger partial charge in [0.15, 0.2) is 0 Å². The summed E-state index contributed by atoms with van der Waals surface area (Å²) in [5.41, 5.74) is 1.97. The first-order valence-electron chi connectivity index (χ1n) is 8.10. The molecule has 1 saturated heterocycles. The average molecular weight is 289 g/mol. The summed E-state index contributed by atoms with van der Waals surface area (Å²) in [6, 6.07) is 8.55. The van der Waals surface area contributed by atoms with Crippen LogP contribution in [0.25, 0.3) is 0 Å². The third kappa shape index (κ3) is 5.05. The lowest BCUT2D eigenvalue weighted by molar-refractivity contribution is -0.115. The molecule has 1 heterocycles. The molecule has 2 rings (SSSR count). The van der Waals surface area contributed by atoms with Crippen LogP contribution in [0.5, 0.6) is 0 Å². The number of rotatable bonds is 5. The van der Waals surface area contributed by atoms with E-state index in [4.69, 9.17) is 0 Å². The van der Waals surface area contributed by atoms with Gasteiger partial charge in [-0.3, -0.25) is 4.79 Å². The van der Waals surface area contributed by atoms with Gasteiger partial charge in [0.05, 0.1) is 0 Å². The highest BCUT2D eigenvalue weighted by Gasteiger charge is 2.15. The Morgan fingerprint density at radius 3 is 2.81 bits per heavy atom. The lowest BCUT2D eigenvalue weighted by Crippen LogP contribution is -2.26. The van der Waals surface area contributed by atoms with Gasteiger partial charge in [0, 0.05) is 30.4 Å². The third-order valence-corrected chi connectivity index (χ3v) is 4.11. The molecule has 0 aromatic heterocycles. The molecule has 0 saturated carbocycles. The van der Waals surface area contributed by atoms with Gasteiger partial charge in [-0.1, -0.05) is 19.9 Å². The fourth-order valence-corrected chi connectivity index (χ4v) is 2.79. The van der Waals surface area contributed by atoms with E-state index in [1.807, 2.05) is 25.1 Å². The Kier molecular flexibility index (Phi) is 6.05. The molecule has 1 atom stereocenters. The van der Waals surface area contributed by atoms with E-state index in [0.717, 1.165) is 17.9 Å². The first-order chi connectivity index (χ1) is 10.2. The molecule has 1 aromatic carbocycles. The molecule has 1 aliphatic heterocycles. The van der Waals surface area contributed by atoms with E-state index in [-0.39, 0.29) is 5.91 Å². The van der Waals surface area contributed by atoms with E-state index < -0.39 is 0 Å². The summed E-state index contributed by atoms with van der Waals surface area (Å²) in [6.07, 6.45) is 4.15. The van der Waals surface area contributed by atoms with Crippen molar-refractivity contribution in [3.05, 3.63) is 24.3 Å². The highest BCUT2D eigenvalue weighted by molar-refractivity contribution is 5.90. The van der Waals surface area contributed by atoms with Gasteiger partial charge in [0.25, 0.3) is 0 Å². The molecule has 4 nitrogen and oxygen atoms in total. The standard InChI is InChI=1S/C17H27N3O/c1-3-17(21)19-16-8-5-7-15(13-16)18-14-9-6-11-20(4-2)12-10-14/h5,7-8,13-14,18H,3-4,6,9-12H2,1-2H3,(H,19,21). The minimum absolute atomic E-state index is 0.0557. The molecule has 0 bridgehead atoms. The van der Waals surface area contributed by atoms with Crippen molar-refractivity contribution in [3.63, 3.8) is 0 Å². The van der Waals surface area contributed by atoms with Crippen LogP contribution in [-0.2, 0) is 4.79 Å². The Bertz CT molecular complexity index is 461. The van der Waals surface area contributed by atoms with E-state index in [2.05, 4.69) is 28.5 Å². The number of amides is 1. The number of carbonyl (C=O) groups is 1. The minimum Gasteiger partial charge on any atom is -0.382 e. The quantitative estimate of drug-likeness (QED) is 0.874. The van der Waals surface area contributed by atoms with Gasteiger partial charge in [0.1, 0.15) is 0 Å². The molecule has 116 valence electrons. The maximum Gasteiger partial charge on any atom is 0.224 e. The monoisotopic (exact) mass is 289 g/mol. The van der Waals surface area contributed by atoms with Gasteiger partial charge in [0.2, 0.25) is 5.91 Å². The van der Waals surface area contributed by atoms with Gasteiger partial charge in [-0.25, -0.2) is 0 Å². The van der Waals surface area contributed by atoms with Crippen molar-refractivity contribution in [2.24, 2.45) is 0 Å². The Balaban J connectivity index is 1.93. The van der Waals surface area contributed by atoms with Crippen LogP contribution >= 0.6 is 0 Å². The van der Waals surface area contributed by atoms with E-state index in [1.165, 1.54) is 32.4 Å². The van der Waals surface area contributed by atoms with Gasteiger partial charge in [-0.2, -0.15) is 0 Å². The van der Waals surface area contributed by atoms with E-state index in [1.54, 1.807) is 0 Å². The number of likely N-dealkylation sites (tertiary alicyclic amines) is 1. The first kappa shape index (κ1) is 15.8. The maximum atomic E-state index is 11.5. The third-order valence-electron chi connectivity index (χ3n) is 4.11. The summed E-state index contributed by atoms with van der Waals surface area (Å²) in [5, 5.41) is 6.53. The molecule has 0 aliphatic carbocycles. The van der Waals surface area contributed by atoms with Gasteiger partial charge in [-0.05, 0) is 50.6 Å². The van der Waals surface area contributed by atoms with Gasteiger partial charge in [-0.15, -0.1) is 0 Å². The van der Waals surface area contributed by atoms with Crippen molar-refractivity contribution >= 4 is 17.3 Å². The van der Waals surface area contributed by atoms with Crippen LogP contribution in [-0.4, -0.2) is 36.5 Å². The van der Waals surface area contributed by atoms with Crippen molar-refractivity contribution < 1.29 is 4.79 Å². The smallest absolute Gasteiger partial charge is 0.224 e. The second-order valence-electron chi connectivity index (χ2n) is 5.69. The van der Waals surface area contributed by atoms with Crippen molar-refractivity contribution in [1.29, 1.82) is 0 Å². The number of nitrogens with one attached hydrogen (secondary N) is 2. The zero-order valence-corrected chi connectivity index (χ0v) is 13.2. The fourth-order valence-electron chi connectivity index (χ4n) is 2.79. The van der Waals surface area contributed by atoms with Crippen LogP contribution in [0.1, 0.15) is 39.5 Å². The predicted molar refractivity (Wildman–Crippen MR) is 88.7 cm³/mol. The molecule has 1 amide bonds. The molecule has 2 N–H and O–H groups in total. The SMILES string of the molecule is CCC(=O)Nc1cccc(NC2CCCN(CC)CC2)c1. The number of nitrogens with zero attached hydrogens (tertiary/aromatic N) is 1. The normalized spacial score (nSPS) is 19.8. The summed E-state index contributed by atoms with van der Waals surface area (Å²) in [5.74, 6) is 0.0557.